The van der Waals surface area contributed by atoms with Crippen LogP contribution in [0.3, 0.4) is 0 Å². The van der Waals surface area contributed by atoms with E-state index in [1.165, 1.54) is 5.56 Å². The molecule has 1 aliphatic heterocycles. The Morgan fingerprint density at radius 1 is 1.00 bits per heavy atom. The van der Waals surface area contributed by atoms with E-state index in [1.807, 2.05) is 49.4 Å². The lowest BCUT2D eigenvalue weighted by atomic mass is 10.1. The second kappa shape index (κ2) is 7.18. The van der Waals surface area contributed by atoms with Gasteiger partial charge in [0.2, 0.25) is 0 Å². The number of rotatable bonds is 5. The van der Waals surface area contributed by atoms with Crippen molar-refractivity contribution in [2.45, 2.75) is 20.3 Å². The minimum Gasteiger partial charge on any atom is -0.494 e. The van der Waals surface area contributed by atoms with E-state index in [1.54, 1.807) is 6.08 Å². The van der Waals surface area contributed by atoms with Crippen molar-refractivity contribution >= 4 is 17.8 Å². The molecule has 0 aromatic heterocycles. The van der Waals surface area contributed by atoms with E-state index >= 15 is 0 Å². The van der Waals surface area contributed by atoms with Crippen LogP contribution in [-0.2, 0) is 16.0 Å². The second-order valence-electron chi connectivity index (χ2n) is 5.55. The highest BCUT2D eigenvalue weighted by atomic mass is 16.5. The van der Waals surface area contributed by atoms with Gasteiger partial charge in [0.25, 0.3) is 0 Å². The normalized spacial score (nSPS) is 15.3. The number of ether oxygens (including phenoxy) is 2. The number of carbonyl (C=O) groups excluding carboxylic acids is 1. The van der Waals surface area contributed by atoms with E-state index in [0.29, 0.717) is 17.9 Å². The van der Waals surface area contributed by atoms with Gasteiger partial charge in [-0.2, -0.15) is 0 Å². The summed E-state index contributed by atoms with van der Waals surface area (Å²) in [5.74, 6) is 1.10. The zero-order chi connectivity index (χ0) is 16.9. The molecule has 3 nitrogen and oxygen atoms in total. The van der Waals surface area contributed by atoms with Gasteiger partial charge in [0.1, 0.15) is 11.5 Å². The molecule has 1 aliphatic rings. The highest BCUT2D eigenvalue weighted by Crippen LogP contribution is 2.28. The van der Waals surface area contributed by atoms with E-state index < -0.39 is 0 Å². The smallest absolute Gasteiger partial charge is 0.343 e. The predicted octanol–water partition coefficient (Wildman–Crippen LogP) is 4.63. The second-order valence-corrected chi connectivity index (χ2v) is 5.55. The molecule has 2 aromatic carbocycles. The van der Waals surface area contributed by atoms with E-state index in [4.69, 9.17) is 9.47 Å². The van der Waals surface area contributed by atoms with Crippen LogP contribution < -0.4 is 4.74 Å². The first kappa shape index (κ1) is 16.1. The maximum absolute atomic E-state index is 12.1. The molecule has 0 unspecified atom stereocenters. The van der Waals surface area contributed by atoms with Gasteiger partial charge in [-0.15, -0.1) is 0 Å². The molecule has 2 aromatic rings. The zero-order valence-electron chi connectivity index (χ0n) is 13.9. The van der Waals surface area contributed by atoms with Gasteiger partial charge in [-0.05, 0) is 48.8 Å². The molecule has 122 valence electrons. The van der Waals surface area contributed by atoms with Crippen molar-refractivity contribution in [3.63, 3.8) is 0 Å². The Bertz CT molecular complexity index is 781. The zero-order valence-corrected chi connectivity index (χ0v) is 13.9. The van der Waals surface area contributed by atoms with E-state index in [-0.39, 0.29) is 5.97 Å². The van der Waals surface area contributed by atoms with Crippen molar-refractivity contribution in [1.29, 1.82) is 0 Å². The largest absolute Gasteiger partial charge is 0.494 e. The van der Waals surface area contributed by atoms with Crippen molar-refractivity contribution in [3.05, 3.63) is 76.9 Å². The number of hydrogen-bond acceptors (Lipinski definition) is 3. The monoisotopic (exact) mass is 320 g/mol. The molecule has 0 saturated carbocycles. The number of carbonyl (C=O) groups is 1. The van der Waals surface area contributed by atoms with E-state index in [0.717, 1.165) is 23.3 Å². The predicted molar refractivity (Wildman–Crippen MR) is 95.5 cm³/mol. The minimum absolute atomic E-state index is 0.321. The summed E-state index contributed by atoms with van der Waals surface area (Å²) in [7, 11) is 0. The third kappa shape index (κ3) is 3.57. The third-order valence-electron chi connectivity index (χ3n) is 3.88. The molecule has 0 bridgehead atoms. The van der Waals surface area contributed by atoms with Gasteiger partial charge in [-0.3, -0.25) is 0 Å². The molecular weight excluding hydrogens is 300 g/mol. The SMILES string of the molecule is CCOc1ccc(C=C2C=C(c3ccc(CC)cc3)OC2=O)cc1. The highest BCUT2D eigenvalue weighted by molar-refractivity contribution is 6.05. The minimum atomic E-state index is -0.321. The Morgan fingerprint density at radius 3 is 2.33 bits per heavy atom. The molecule has 0 atom stereocenters. The molecule has 0 spiro atoms. The summed E-state index contributed by atoms with van der Waals surface area (Å²) in [4.78, 5) is 12.1. The van der Waals surface area contributed by atoms with Crippen LogP contribution in [0.25, 0.3) is 11.8 Å². The summed E-state index contributed by atoms with van der Waals surface area (Å²) in [6, 6.07) is 15.7. The Hall–Kier alpha value is -2.81. The molecule has 3 rings (SSSR count). The fourth-order valence-corrected chi connectivity index (χ4v) is 2.54. The average Bonchev–Trinajstić information content (AvgIpc) is 2.98. The van der Waals surface area contributed by atoms with Crippen molar-refractivity contribution in [2.24, 2.45) is 0 Å². The molecule has 0 N–H and O–H groups in total. The Balaban J connectivity index is 1.82. The maximum Gasteiger partial charge on any atom is 0.343 e. The van der Waals surface area contributed by atoms with Gasteiger partial charge in [-0.1, -0.05) is 43.3 Å². The number of cyclic esters (lactones) is 1. The van der Waals surface area contributed by atoms with E-state index in [9.17, 15) is 4.79 Å². The number of hydrogen-bond donors (Lipinski definition) is 0. The Labute approximate surface area is 142 Å². The first-order valence-electron chi connectivity index (χ1n) is 8.17. The molecule has 24 heavy (non-hydrogen) atoms. The van der Waals surface area contributed by atoms with Gasteiger partial charge < -0.3 is 9.47 Å². The molecule has 1 heterocycles. The van der Waals surface area contributed by atoms with Gasteiger partial charge in [0.15, 0.2) is 0 Å². The van der Waals surface area contributed by atoms with Crippen molar-refractivity contribution in [3.8, 4) is 5.75 Å². The molecule has 0 fully saturated rings. The van der Waals surface area contributed by atoms with E-state index in [2.05, 4.69) is 19.1 Å². The lowest BCUT2D eigenvalue weighted by Gasteiger charge is -2.03. The van der Waals surface area contributed by atoms with Crippen LogP contribution in [-0.4, -0.2) is 12.6 Å². The lowest BCUT2D eigenvalue weighted by Crippen LogP contribution is -1.97. The summed E-state index contributed by atoms with van der Waals surface area (Å²) in [6.45, 7) is 4.70. The first-order chi connectivity index (χ1) is 11.7. The first-order valence-corrected chi connectivity index (χ1v) is 8.17. The van der Waals surface area contributed by atoms with Crippen molar-refractivity contribution in [1.82, 2.24) is 0 Å². The summed E-state index contributed by atoms with van der Waals surface area (Å²) in [5, 5.41) is 0. The van der Waals surface area contributed by atoms with Crippen LogP contribution in [0.15, 0.2) is 60.2 Å². The molecule has 3 heteroatoms. The Morgan fingerprint density at radius 2 is 1.71 bits per heavy atom. The van der Waals surface area contributed by atoms with Crippen LogP contribution in [0.5, 0.6) is 5.75 Å². The number of benzene rings is 2. The fraction of sp³-hybridized carbons (Fsp3) is 0.190. The van der Waals surface area contributed by atoms with Crippen LogP contribution in [0, 0.1) is 0 Å². The summed E-state index contributed by atoms with van der Waals surface area (Å²) in [5.41, 5.74) is 3.66. The van der Waals surface area contributed by atoms with Crippen LogP contribution in [0.1, 0.15) is 30.5 Å². The lowest BCUT2D eigenvalue weighted by molar-refractivity contribution is -0.130. The van der Waals surface area contributed by atoms with Crippen LogP contribution in [0.4, 0.5) is 0 Å². The molecule has 0 aliphatic carbocycles. The number of esters is 1. The summed E-state index contributed by atoms with van der Waals surface area (Å²) < 4.78 is 10.8. The standard InChI is InChI=1S/C21H20O3/c1-3-15-5-9-17(10-6-15)20-14-18(21(22)24-20)13-16-7-11-19(12-8-16)23-4-2/h5-14H,3-4H2,1-2H3. The van der Waals surface area contributed by atoms with Crippen LogP contribution >= 0.6 is 0 Å². The fourth-order valence-electron chi connectivity index (χ4n) is 2.54. The van der Waals surface area contributed by atoms with Gasteiger partial charge in [0.05, 0.1) is 12.2 Å². The molecule has 0 saturated heterocycles. The van der Waals surface area contributed by atoms with Crippen molar-refractivity contribution < 1.29 is 14.3 Å². The topological polar surface area (TPSA) is 35.5 Å². The molecular formula is C21H20O3. The summed E-state index contributed by atoms with van der Waals surface area (Å²) in [6.07, 6.45) is 4.60. The molecule has 0 radical (unpaired) electrons. The maximum atomic E-state index is 12.1. The van der Waals surface area contributed by atoms with Crippen molar-refractivity contribution in [2.75, 3.05) is 6.61 Å². The number of aryl methyl sites for hydroxylation is 1. The van der Waals surface area contributed by atoms with Gasteiger partial charge in [0, 0.05) is 5.56 Å². The van der Waals surface area contributed by atoms with Gasteiger partial charge >= 0.3 is 5.97 Å². The van der Waals surface area contributed by atoms with Crippen LogP contribution in [0.2, 0.25) is 0 Å². The quantitative estimate of drug-likeness (QED) is 0.595. The van der Waals surface area contributed by atoms with Gasteiger partial charge in [-0.25, -0.2) is 4.79 Å². The molecule has 0 amide bonds. The third-order valence-corrected chi connectivity index (χ3v) is 3.88. The average molecular weight is 320 g/mol. The highest BCUT2D eigenvalue weighted by Gasteiger charge is 2.21. The Kier molecular flexibility index (Phi) is 4.80. The summed E-state index contributed by atoms with van der Waals surface area (Å²) >= 11 is 0.